The fourth-order valence-electron chi connectivity index (χ4n) is 4.61. The summed E-state index contributed by atoms with van der Waals surface area (Å²) >= 11 is 0. The molecule has 1 aliphatic rings. The van der Waals surface area contributed by atoms with Crippen LogP contribution < -0.4 is 0 Å². The normalized spacial score (nSPS) is 20.2. The van der Waals surface area contributed by atoms with Crippen LogP contribution in [0.4, 0.5) is 8.78 Å². The average Bonchev–Trinajstić information content (AvgIpc) is 3.13. The maximum atomic E-state index is 14.0. The minimum Gasteiger partial charge on any atom is -0.461 e. The van der Waals surface area contributed by atoms with E-state index in [1.54, 1.807) is 6.92 Å². The highest BCUT2D eigenvalue weighted by Gasteiger charge is 2.43. The summed E-state index contributed by atoms with van der Waals surface area (Å²) in [6.07, 6.45) is 7.37. The first-order chi connectivity index (χ1) is 17.2. The molecule has 36 heavy (non-hydrogen) atoms. The van der Waals surface area contributed by atoms with Crippen molar-refractivity contribution in [3.63, 3.8) is 0 Å². The van der Waals surface area contributed by atoms with Crippen LogP contribution in [-0.4, -0.2) is 34.7 Å². The standard InChI is InChI=1S/C29H40F2O5/c1-2-3-19-29(30,31)27(34)18-17-24-23(25(32)20-26(24)33)15-11-6-4-5-7-12-16-28(35)36-21-22-13-9-8-10-14-22/h6,8-11,13-14,23-24,26,33H,2-5,7,12,15-21H2,1H3/b11-6-. The highest BCUT2D eigenvalue weighted by atomic mass is 19.3. The molecule has 1 fully saturated rings. The summed E-state index contributed by atoms with van der Waals surface area (Å²) in [5, 5.41) is 10.3. The number of unbranched alkanes of at least 4 members (excludes halogenated alkanes) is 4. The Morgan fingerprint density at radius 1 is 1.08 bits per heavy atom. The summed E-state index contributed by atoms with van der Waals surface area (Å²) in [7, 11) is 0. The van der Waals surface area contributed by atoms with Gasteiger partial charge < -0.3 is 9.84 Å². The van der Waals surface area contributed by atoms with Crippen molar-refractivity contribution in [2.45, 2.75) is 103 Å². The van der Waals surface area contributed by atoms with Gasteiger partial charge in [0.1, 0.15) is 12.4 Å². The zero-order valence-electron chi connectivity index (χ0n) is 21.3. The summed E-state index contributed by atoms with van der Waals surface area (Å²) in [5.74, 6) is -5.61. The van der Waals surface area contributed by atoms with Crippen molar-refractivity contribution in [3.8, 4) is 0 Å². The predicted octanol–water partition coefficient (Wildman–Crippen LogP) is 6.37. The third-order valence-electron chi connectivity index (χ3n) is 6.84. The number of rotatable bonds is 17. The summed E-state index contributed by atoms with van der Waals surface area (Å²) in [6.45, 7) is 2.08. The minimum atomic E-state index is -3.34. The van der Waals surface area contributed by atoms with Crippen molar-refractivity contribution in [2.75, 3.05) is 0 Å². The fraction of sp³-hybridized carbons (Fsp3) is 0.621. The summed E-state index contributed by atoms with van der Waals surface area (Å²) in [6, 6.07) is 9.54. The highest BCUT2D eigenvalue weighted by molar-refractivity contribution is 5.86. The van der Waals surface area contributed by atoms with Crippen molar-refractivity contribution in [1.29, 1.82) is 0 Å². The number of Topliss-reactive ketones (excluding diaryl/α,β-unsaturated/α-hetero) is 2. The zero-order valence-corrected chi connectivity index (χ0v) is 21.3. The first kappa shape index (κ1) is 29.8. The fourth-order valence-corrected chi connectivity index (χ4v) is 4.61. The van der Waals surface area contributed by atoms with Crippen molar-refractivity contribution in [3.05, 3.63) is 48.0 Å². The van der Waals surface area contributed by atoms with Crippen LogP contribution in [-0.2, 0) is 25.7 Å². The molecule has 0 bridgehead atoms. The van der Waals surface area contributed by atoms with Gasteiger partial charge in [-0.15, -0.1) is 0 Å². The number of esters is 1. The Morgan fingerprint density at radius 3 is 2.56 bits per heavy atom. The Labute approximate surface area is 213 Å². The molecule has 2 rings (SSSR count). The molecule has 200 valence electrons. The number of allylic oxidation sites excluding steroid dienone is 2. The molecule has 1 aliphatic carbocycles. The van der Waals surface area contributed by atoms with Crippen LogP contribution in [0.25, 0.3) is 0 Å². The zero-order chi connectivity index (χ0) is 26.4. The van der Waals surface area contributed by atoms with Gasteiger partial charge in [0.2, 0.25) is 5.78 Å². The summed E-state index contributed by atoms with van der Waals surface area (Å²) in [5.41, 5.74) is 0.961. The topological polar surface area (TPSA) is 80.7 Å². The molecule has 0 aromatic heterocycles. The Hall–Kier alpha value is -2.41. The van der Waals surface area contributed by atoms with Crippen LogP contribution in [0.2, 0.25) is 0 Å². The van der Waals surface area contributed by atoms with E-state index in [1.165, 1.54) is 0 Å². The maximum Gasteiger partial charge on any atom is 0.306 e. The van der Waals surface area contributed by atoms with E-state index in [-0.39, 0.29) is 44.0 Å². The van der Waals surface area contributed by atoms with Crippen molar-refractivity contribution in [2.24, 2.45) is 11.8 Å². The number of alkyl halides is 2. The minimum absolute atomic E-state index is 0.0178. The number of halogens is 2. The van der Waals surface area contributed by atoms with Crippen LogP contribution in [0.15, 0.2) is 42.5 Å². The van der Waals surface area contributed by atoms with Crippen molar-refractivity contribution in [1.82, 2.24) is 0 Å². The van der Waals surface area contributed by atoms with E-state index in [0.717, 1.165) is 31.2 Å². The first-order valence-corrected chi connectivity index (χ1v) is 13.2. The molecule has 1 aromatic rings. The summed E-state index contributed by atoms with van der Waals surface area (Å²) in [4.78, 5) is 36.1. The summed E-state index contributed by atoms with van der Waals surface area (Å²) < 4.78 is 33.2. The molecule has 0 aliphatic heterocycles. The number of aliphatic hydroxyl groups excluding tert-OH is 1. The van der Waals surface area contributed by atoms with E-state index < -0.39 is 36.1 Å². The SMILES string of the molecule is CCCCC(F)(F)C(=O)CCC1C(O)CC(=O)C1C/C=C\CCCCCC(=O)OCc1ccccc1. The van der Waals surface area contributed by atoms with Gasteiger partial charge in [-0.2, -0.15) is 8.78 Å². The molecule has 1 saturated carbocycles. The second-order valence-electron chi connectivity index (χ2n) is 9.73. The monoisotopic (exact) mass is 506 g/mol. The number of hydrogen-bond donors (Lipinski definition) is 1. The molecular formula is C29H40F2O5. The van der Waals surface area contributed by atoms with E-state index in [0.29, 0.717) is 19.3 Å². The molecule has 1 aromatic carbocycles. The number of carbonyl (C=O) groups is 3. The van der Waals surface area contributed by atoms with Gasteiger partial charge in [0.15, 0.2) is 0 Å². The van der Waals surface area contributed by atoms with Gasteiger partial charge in [-0.1, -0.05) is 62.2 Å². The van der Waals surface area contributed by atoms with Crippen LogP contribution in [0.5, 0.6) is 0 Å². The van der Waals surface area contributed by atoms with Gasteiger partial charge in [0.05, 0.1) is 6.10 Å². The van der Waals surface area contributed by atoms with Gasteiger partial charge in [-0.25, -0.2) is 0 Å². The molecule has 0 amide bonds. The van der Waals surface area contributed by atoms with E-state index in [1.807, 2.05) is 42.5 Å². The molecule has 1 N–H and O–H groups in total. The number of ketones is 2. The van der Waals surface area contributed by atoms with E-state index >= 15 is 0 Å². The van der Waals surface area contributed by atoms with E-state index in [2.05, 4.69) is 0 Å². The lowest BCUT2D eigenvalue weighted by atomic mass is 9.86. The van der Waals surface area contributed by atoms with Gasteiger partial charge in [0, 0.05) is 31.6 Å². The molecule has 0 spiro atoms. The third kappa shape index (κ3) is 10.3. The molecule has 3 unspecified atom stereocenters. The van der Waals surface area contributed by atoms with Gasteiger partial charge in [-0.3, -0.25) is 14.4 Å². The van der Waals surface area contributed by atoms with E-state index in [9.17, 15) is 28.3 Å². The van der Waals surface area contributed by atoms with Crippen LogP contribution in [0.1, 0.15) is 89.5 Å². The lowest BCUT2D eigenvalue weighted by molar-refractivity contribution is -0.145. The van der Waals surface area contributed by atoms with Crippen LogP contribution >= 0.6 is 0 Å². The average molecular weight is 507 g/mol. The number of benzene rings is 1. The first-order valence-electron chi connectivity index (χ1n) is 13.2. The van der Waals surface area contributed by atoms with Crippen molar-refractivity contribution < 1.29 is 33.0 Å². The Bertz CT molecular complexity index is 852. The molecular weight excluding hydrogens is 466 g/mol. The Morgan fingerprint density at radius 2 is 1.83 bits per heavy atom. The number of hydrogen-bond acceptors (Lipinski definition) is 5. The highest BCUT2D eigenvalue weighted by Crippen LogP contribution is 2.36. The Kier molecular flexibility index (Phi) is 13.0. The number of aliphatic hydroxyl groups is 1. The largest absolute Gasteiger partial charge is 0.461 e. The molecule has 7 heteroatoms. The van der Waals surface area contributed by atoms with Crippen molar-refractivity contribution >= 4 is 17.5 Å². The molecule has 0 radical (unpaired) electrons. The van der Waals surface area contributed by atoms with Gasteiger partial charge >= 0.3 is 11.9 Å². The molecule has 0 saturated heterocycles. The van der Waals surface area contributed by atoms with Crippen LogP contribution in [0.3, 0.4) is 0 Å². The molecule has 3 atom stereocenters. The maximum absolute atomic E-state index is 14.0. The van der Waals surface area contributed by atoms with Gasteiger partial charge in [0.25, 0.3) is 0 Å². The number of carbonyl (C=O) groups excluding carboxylic acids is 3. The molecule has 0 heterocycles. The van der Waals surface area contributed by atoms with Crippen LogP contribution in [0, 0.1) is 11.8 Å². The third-order valence-corrected chi connectivity index (χ3v) is 6.84. The van der Waals surface area contributed by atoms with Gasteiger partial charge in [-0.05, 0) is 50.0 Å². The smallest absolute Gasteiger partial charge is 0.306 e. The second-order valence-corrected chi connectivity index (χ2v) is 9.73. The molecule has 5 nitrogen and oxygen atoms in total. The van der Waals surface area contributed by atoms with E-state index in [4.69, 9.17) is 4.74 Å². The lowest BCUT2D eigenvalue weighted by Gasteiger charge is -2.21. The lowest BCUT2D eigenvalue weighted by Crippen LogP contribution is -2.30. The second kappa shape index (κ2) is 15.6. The Balaban J connectivity index is 1.64. The number of ether oxygens (including phenoxy) is 1. The predicted molar refractivity (Wildman–Crippen MR) is 134 cm³/mol. The quantitative estimate of drug-likeness (QED) is 0.151.